The van der Waals surface area contributed by atoms with Gasteiger partial charge in [0, 0.05) is 50.6 Å². The minimum Gasteiger partial charge on any atom is -0.368 e. The summed E-state index contributed by atoms with van der Waals surface area (Å²) in [6, 6.07) is 13.2. The zero-order valence-corrected chi connectivity index (χ0v) is 20.4. The van der Waals surface area contributed by atoms with Crippen molar-refractivity contribution in [2.75, 3.05) is 38.4 Å². The van der Waals surface area contributed by atoms with E-state index in [-0.39, 0.29) is 11.6 Å². The van der Waals surface area contributed by atoms with E-state index >= 15 is 0 Å². The second-order valence-corrected chi connectivity index (χ2v) is 8.75. The molecule has 2 aromatic carbocycles. The number of ether oxygens (including phenoxy) is 2. The molecule has 0 radical (unpaired) electrons. The Kier molecular flexibility index (Phi) is 8.74. The quantitative estimate of drug-likeness (QED) is 0.301. The third kappa shape index (κ3) is 5.71. The Morgan fingerprint density at radius 3 is 2.19 bits per heavy atom. The van der Waals surface area contributed by atoms with Gasteiger partial charge in [-0.25, -0.2) is 0 Å². The van der Waals surface area contributed by atoms with Crippen LogP contribution in [0.3, 0.4) is 0 Å². The fourth-order valence-corrected chi connectivity index (χ4v) is 4.52. The molecule has 0 saturated carbocycles. The molecule has 2 aromatic rings. The van der Waals surface area contributed by atoms with E-state index in [2.05, 4.69) is 21.3 Å². The summed E-state index contributed by atoms with van der Waals surface area (Å²) < 4.78 is 92.8. The normalized spacial score (nSPS) is 18.2. The van der Waals surface area contributed by atoms with Crippen molar-refractivity contribution >= 4 is 11.8 Å². The fraction of sp³-hybridized carbons (Fsp3) is 0.462. The van der Waals surface area contributed by atoms with Gasteiger partial charge in [-0.05, 0) is 37.1 Å². The zero-order valence-electron chi connectivity index (χ0n) is 20.4. The highest BCUT2D eigenvalue weighted by molar-refractivity contribution is 5.69. The molecule has 1 unspecified atom stereocenters. The second kappa shape index (κ2) is 11.2. The summed E-state index contributed by atoms with van der Waals surface area (Å²) in [6.07, 6.45) is -8.45. The van der Waals surface area contributed by atoms with Crippen molar-refractivity contribution in [2.45, 2.75) is 44.4 Å². The highest BCUT2D eigenvalue weighted by atomic mass is 19.4. The molecule has 1 heterocycles. The van der Waals surface area contributed by atoms with E-state index in [1.165, 1.54) is 17.7 Å². The van der Waals surface area contributed by atoms with Crippen molar-refractivity contribution in [1.82, 2.24) is 4.90 Å². The van der Waals surface area contributed by atoms with Crippen LogP contribution in [0.25, 0.3) is 6.08 Å². The Bertz CT molecular complexity index is 1010. The van der Waals surface area contributed by atoms with Gasteiger partial charge in [0.15, 0.2) is 0 Å². The third-order valence-corrected chi connectivity index (χ3v) is 6.31. The maximum absolute atomic E-state index is 14.0. The molecule has 1 aliphatic heterocycles. The lowest BCUT2D eigenvalue weighted by molar-refractivity contribution is -0.400. The molecule has 0 aliphatic carbocycles. The number of anilines is 1. The number of rotatable bonds is 8. The first-order valence-electron chi connectivity index (χ1n) is 11.5. The van der Waals surface area contributed by atoms with Crippen LogP contribution in [0.2, 0.25) is 0 Å². The number of allylic oxidation sites excluding steroid dienone is 1. The van der Waals surface area contributed by atoms with Crippen LogP contribution >= 0.6 is 0 Å². The lowest BCUT2D eigenvalue weighted by Gasteiger charge is -2.42. The first kappa shape index (κ1) is 28.0. The van der Waals surface area contributed by atoms with Crippen LogP contribution < -0.4 is 4.90 Å². The molecule has 0 bridgehead atoms. The maximum atomic E-state index is 14.0. The van der Waals surface area contributed by atoms with Gasteiger partial charge in [0.05, 0.1) is 0 Å². The van der Waals surface area contributed by atoms with Crippen LogP contribution in [0.15, 0.2) is 54.6 Å². The van der Waals surface area contributed by atoms with Gasteiger partial charge in [-0.1, -0.05) is 48.6 Å². The number of halogens is 6. The number of benzene rings is 2. The van der Waals surface area contributed by atoms with Crippen LogP contribution in [0.5, 0.6) is 0 Å². The number of hydrogen-bond acceptors (Lipinski definition) is 4. The summed E-state index contributed by atoms with van der Waals surface area (Å²) in [7, 11) is 0.963. The van der Waals surface area contributed by atoms with E-state index < -0.39 is 30.3 Å². The summed E-state index contributed by atoms with van der Waals surface area (Å²) in [6.45, 7) is 5.12. The van der Waals surface area contributed by atoms with Gasteiger partial charge in [0.25, 0.3) is 5.60 Å². The molecule has 10 heteroatoms. The van der Waals surface area contributed by atoms with Crippen molar-refractivity contribution in [3.8, 4) is 0 Å². The van der Waals surface area contributed by atoms with Gasteiger partial charge in [-0.15, -0.1) is 0 Å². The van der Waals surface area contributed by atoms with Gasteiger partial charge in [0.2, 0.25) is 0 Å². The fourth-order valence-electron chi connectivity index (χ4n) is 4.52. The minimum atomic E-state index is -5.77. The Morgan fingerprint density at radius 2 is 1.64 bits per heavy atom. The Morgan fingerprint density at radius 1 is 0.972 bits per heavy atom. The summed E-state index contributed by atoms with van der Waals surface area (Å²) in [4.78, 5) is 4.29. The molecule has 4 nitrogen and oxygen atoms in total. The first-order chi connectivity index (χ1) is 16.9. The average molecular weight is 517 g/mol. The third-order valence-electron chi connectivity index (χ3n) is 6.31. The van der Waals surface area contributed by atoms with Crippen molar-refractivity contribution in [1.29, 1.82) is 0 Å². The van der Waals surface area contributed by atoms with E-state index in [4.69, 9.17) is 0 Å². The van der Waals surface area contributed by atoms with Crippen LogP contribution in [-0.2, 0) is 21.6 Å². The number of hydrogen-bond donors (Lipinski definition) is 0. The Hall–Kier alpha value is -2.56. The summed E-state index contributed by atoms with van der Waals surface area (Å²) >= 11 is 0. The SMILES string of the molecule is CC=Cc1cc(C(OCOC)(C(F)(F)F)C(F)(F)F)ccc1N1CCN(Cc2ccccc2)C(C)C1. The second-order valence-electron chi connectivity index (χ2n) is 8.75. The molecule has 36 heavy (non-hydrogen) atoms. The molecule has 1 saturated heterocycles. The van der Waals surface area contributed by atoms with Crippen molar-refractivity contribution in [2.24, 2.45) is 0 Å². The van der Waals surface area contributed by atoms with Gasteiger partial charge >= 0.3 is 12.4 Å². The Balaban J connectivity index is 1.95. The summed E-state index contributed by atoms with van der Waals surface area (Å²) in [5.41, 5.74) is -3.59. The number of nitrogens with zero attached hydrogens (tertiary/aromatic N) is 2. The molecule has 0 amide bonds. The molecule has 0 spiro atoms. The van der Waals surface area contributed by atoms with Gasteiger partial charge in [0.1, 0.15) is 6.79 Å². The van der Waals surface area contributed by atoms with Gasteiger partial charge < -0.3 is 14.4 Å². The monoisotopic (exact) mass is 516 g/mol. The molecule has 1 aliphatic rings. The highest BCUT2D eigenvalue weighted by Crippen LogP contribution is 2.53. The molecule has 1 atom stereocenters. The molecule has 0 aromatic heterocycles. The molecule has 3 rings (SSSR count). The maximum Gasteiger partial charge on any atom is 0.430 e. The summed E-state index contributed by atoms with van der Waals surface area (Å²) in [5, 5.41) is 0. The topological polar surface area (TPSA) is 24.9 Å². The van der Waals surface area contributed by atoms with E-state index in [1.54, 1.807) is 13.0 Å². The average Bonchev–Trinajstić information content (AvgIpc) is 2.80. The van der Waals surface area contributed by atoms with Gasteiger partial charge in [-0.3, -0.25) is 4.90 Å². The molecule has 198 valence electrons. The molecule has 0 N–H and O–H groups in total. The number of methoxy groups -OCH3 is 1. The number of piperazine rings is 1. The highest BCUT2D eigenvalue weighted by Gasteiger charge is 2.73. The van der Waals surface area contributed by atoms with Crippen molar-refractivity contribution in [3.05, 3.63) is 71.3 Å². The molecule has 1 fully saturated rings. The number of alkyl halides is 6. The molecular weight excluding hydrogens is 486 g/mol. The largest absolute Gasteiger partial charge is 0.430 e. The molecular formula is C26H30F6N2O2. The zero-order chi connectivity index (χ0) is 26.6. The Labute approximate surface area is 207 Å². The van der Waals surface area contributed by atoms with Crippen LogP contribution in [0.4, 0.5) is 32.0 Å². The summed E-state index contributed by atoms with van der Waals surface area (Å²) in [5.74, 6) is 0. The standard InChI is InChI=1S/C26H30F6N2O2/c1-4-8-21-15-22(24(25(27,28)29,26(30,31)32)36-18-35-3)11-12-23(21)34-14-13-33(19(2)16-34)17-20-9-6-5-7-10-20/h4-12,15,19H,13-14,16-18H2,1-3H3. The van der Waals surface area contributed by atoms with Crippen molar-refractivity contribution < 1.29 is 35.8 Å². The van der Waals surface area contributed by atoms with Crippen LogP contribution in [-0.4, -0.2) is 56.8 Å². The predicted molar refractivity (Wildman–Crippen MR) is 126 cm³/mol. The first-order valence-corrected chi connectivity index (χ1v) is 11.5. The van der Waals surface area contributed by atoms with Gasteiger partial charge in [-0.2, -0.15) is 26.3 Å². The van der Waals surface area contributed by atoms with Crippen molar-refractivity contribution in [3.63, 3.8) is 0 Å². The lowest BCUT2D eigenvalue weighted by Crippen LogP contribution is -2.56. The van der Waals surface area contributed by atoms with E-state index in [0.717, 1.165) is 25.8 Å². The van der Waals surface area contributed by atoms with Crippen LogP contribution in [0, 0.1) is 0 Å². The van der Waals surface area contributed by atoms with E-state index in [0.29, 0.717) is 25.3 Å². The van der Waals surface area contributed by atoms with E-state index in [1.807, 2.05) is 35.2 Å². The lowest BCUT2D eigenvalue weighted by atomic mass is 9.89. The van der Waals surface area contributed by atoms with Crippen LogP contribution in [0.1, 0.15) is 30.5 Å². The minimum absolute atomic E-state index is 0.117. The smallest absolute Gasteiger partial charge is 0.368 e. The predicted octanol–water partition coefficient (Wildman–Crippen LogP) is 6.37. The van der Waals surface area contributed by atoms with E-state index in [9.17, 15) is 26.3 Å².